The summed E-state index contributed by atoms with van der Waals surface area (Å²) < 4.78 is 27.3. The first kappa shape index (κ1) is 18.9. The van der Waals surface area contributed by atoms with Gasteiger partial charge < -0.3 is 9.80 Å². The van der Waals surface area contributed by atoms with Crippen molar-refractivity contribution in [3.05, 3.63) is 29.8 Å². The van der Waals surface area contributed by atoms with E-state index in [1.807, 2.05) is 23.9 Å². The van der Waals surface area contributed by atoms with Gasteiger partial charge in [0.25, 0.3) is 5.91 Å². The Balaban J connectivity index is 2.09. The molecule has 1 aromatic carbocycles. The molecule has 1 N–H and O–H groups in total. The van der Waals surface area contributed by atoms with E-state index in [2.05, 4.69) is 11.6 Å². The Morgan fingerprint density at radius 3 is 2.58 bits per heavy atom. The first-order chi connectivity index (χ1) is 11.3. The molecule has 0 saturated carbocycles. The number of nitrogens with one attached hydrogen (secondary N) is 1. The fourth-order valence-electron chi connectivity index (χ4n) is 2.68. The minimum absolute atomic E-state index is 0.0905. The molecule has 2 rings (SSSR count). The predicted octanol–water partition coefficient (Wildman–Crippen LogP) is 1.40. The van der Waals surface area contributed by atoms with Gasteiger partial charge in [0, 0.05) is 31.7 Å². The monoisotopic (exact) mass is 353 g/mol. The number of hydrogen-bond acceptors (Lipinski definition) is 4. The Morgan fingerprint density at radius 1 is 1.29 bits per heavy atom. The summed E-state index contributed by atoms with van der Waals surface area (Å²) in [5.74, 6) is 0.550. The summed E-state index contributed by atoms with van der Waals surface area (Å²) in [5.41, 5.74) is 0.431. The maximum Gasteiger partial charge on any atom is 0.253 e. The van der Waals surface area contributed by atoms with Gasteiger partial charge in [-0.05, 0) is 51.1 Å². The molecule has 0 atom stereocenters. The molecular weight excluding hydrogens is 326 g/mol. The second-order valence-corrected chi connectivity index (χ2v) is 8.47. The number of likely N-dealkylation sites (tertiary alicyclic amines) is 1. The van der Waals surface area contributed by atoms with Crippen molar-refractivity contribution in [1.29, 1.82) is 0 Å². The van der Waals surface area contributed by atoms with E-state index >= 15 is 0 Å². The molecule has 0 aliphatic carbocycles. The number of benzene rings is 1. The average molecular weight is 353 g/mol. The van der Waals surface area contributed by atoms with Gasteiger partial charge in [-0.15, -0.1) is 0 Å². The molecule has 134 valence electrons. The maximum absolute atomic E-state index is 12.6. The largest absolute Gasteiger partial charge is 0.339 e. The van der Waals surface area contributed by atoms with Crippen LogP contribution in [-0.2, 0) is 10.0 Å². The number of carbonyl (C=O) groups excluding carboxylic acids is 1. The van der Waals surface area contributed by atoms with Gasteiger partial charge in [-0.3, -0.25) is 4.79 Å². The van der Waals surface area contributed by atoms with Crippen LogP contribution < -0.4 is 4.72 Å². The van der Waals surface area contributed by atoms with E-state index in [1.165, 1.54) is 12.1 Å². The van der Waals surface area contributed by atoms with E-state index in [0.29, 0.717) is 24.6 Å². The summed E-state index contributed by atoms with van der Waals surface area (Å²) in [5, 5.41) is 0. The zero-order chi connectivity index (χ0) is 17.7. The molecule has 1 saturated heterocycles. The van der Waals surface area contributed by atoms with Gasteiger partial charge in [-0.2, -0.15) is 0 Å². The minimum atomic E-state index is -3.60. The summed E-state index contributed by atoms with van der Waals surface area (Å²) in [6, 6.07) is 6.30. The first-order valence-corrected chi connectivity index (χ1v) is 9.81. The number of nitrogens with zero attached hydrogens (tertiary/aromatic N) is 2. The molecular formula is C17H27N3O3S. The summed E-state index contributed by atoms with van der Waals surface area (Å²) in [4.78, 5) is 16.4. The van der Waals surface area contributed by atoms with Crippen molar-refractivity contribution in [2.45, 2.75) is 24.7 Å². The third-order valence-corrected chi connectivity index (χ3v) is 5.77. The van der Waals surface area contributed by atoms with Crippen LogP contribution in [0.25, 0.3) is 0 Å². The van der Waals surface area contributed by atoms with Crippen molar-refractivity contribution in [3.8, 4) is 0 Å². The van der Waals surface area contributed by atoms with Crippen molar-refractivity contribution >= 4 is 15.9 Å². The Bertz CT molecular complexity index is 665. The van der Waals surface area contributed by atoms with Crippen molar-refractivity contribution < 1.29 is 13.2 Å². The van der Waals surface area contributed by atoms with Crippen molar-refractivity contribution in [2.75, 3.05) is 40.3 Å². The fourth-order valence-corrected chi connectivity index (χ4v) is 3.74. The molecule has 1 aliphatic rings. The highest BCUT2D eigenvalue weighted by atomic mass is 32.2. The normalized spacial score (nSPS) is 16.6. The van der Waals surface area contributed by atoms with E-state index in [-0.39, 0.29) is 10.8 Å². The topological polar surface area (TPSA) is 69.7 Å². The Labute approximate surface area is 144 Å². The molecule has 1 amide bonds. The number of likely N-dealkylation sites (N-methyl/N-ethyl adjacent to an activating group) is 1. The van der Waals surface area contributed by atoms with E-state index in [0.717, 1.165) is 25.9 Å². The van der Waals surface area contributed by atoms with Crippen LogP contribution in [0, 0.1) is 5.92 Å². The highest BCUT2D eigenvalue weighted by Crippen LogP contribution is 2.19. The molecule has 0 radical (unpaired) electrons. The van der Waals surface area contributed by atoms with E-state index in [9.17, 15) is 13.2 Å². The van der Waals surface area contributed by atoms with Gasteiger partial charge in [-0.25, -0.2) is 13.1 Å². The average Bonchev–Trinajstić information content (AvgIpc) is 2.54. The van der Waals surface area contributed by atoms with E-state index in [1.54, 1.807) is 12.1 Å². The molecule has 1 fully saturated rings. The third kappa shape index (κ3) is 5.03. The maximum atomic E-state index is 12.6. The van der Waals surface area contributed by atoms with Crippen LogP contribution >= 0.6 is 0 Å². The predicted molar refractivity (Wildman–Crippen MR) is 94.5 cm³/mol. The van der Waals surface area contributed by atoms with Crippen molar-refractivity contribution in [2.24, 2.45) is 5.92 Å². The van der Waals surface area contributed by atoms with Crippen LogP contribution in [0.4, 0.5) is 0 Å². The first-order valence-electron chi connectivity index (χ1n) is 8.33. The number of carbonyl (C=O) groups is 1. The van der Waals surface area contributed by atoms with Gasteiger partial charge in [0.1, 0.15) is 0 Å². The molecule has 1 heterocycles. The lowest BCUT2D eigenvalue weighted by Crippen LogP contribution is -2.38. The summed E-state index contributed by atoms with van der Waals surface area (Å²) >= 11 is 0. The highest BCUT2D eigenvalue weighted by Gasteiger charge is 2.23. The van der Waals surface area contributed by atoms with Gasteiger partial charge in [0.15, 0.2) is 0 Å². The van der Waals surface area contributed by atoms with Gasteiger partial charge in [-0.1, -0.05) is 13.0 Å². The zero-order valence-corrected chi connectivity index (χ0v) is 15.5. The van der Waals surface area contributed by atoms with Crippen LogP contribution in [0.5, 0.6) is 0 Å². The molecule has 1 aliphatic heterocycles. The molecule has 0 bridgehead atoms. The summed E-state index contributed by atoms with van der Waals surface area (Å²) in [7, 11) is 0.165. The van der Waals surface area contributed by atoms with Crippen LogP contribution in [-0.4, -0.2) is 64.4 Å². The molecule has 0 aromatic heterocycles. The zero-order valence-electron chi connectivity index (χ0n) is 14.7. The van der Waals surface area contributed by atoms with Crippen LogP contribution in [0.3, 0.4) is 0 Å². The quantitative estimate of drug-likeness (QED) is 0.839. The molecule has 1 aromatic rings. The Morgan fingerprint density at radius 2 is 1.96 bits per heavy atom. The highest BCUT2D eigenvalue weighted by molar-refractivity contribution is 7.89. The van der Waals surface area contributed by atoms with E-state index < -0.39 is 10.0 Å². The molecule has 7 heteroatoms. The number of sulfonamides is 1. The lowest BCUT2D eigenvalue weighted by molar-refractivity contribution is 0.0697. The number of rotatable bonds is 6. The second-order valence-electron chi connectivity index (χ2n) is 6.70. The van der Waals surface area contributed by atoms with Gasteiger partial charge in [0.05, 0.1) is 4.90 Å². The fraction of sp³-hybridized carbons (Fsp3) is 0.588. The Kier molecular flexibility index (Phi) is 6.37. The van der Waals surface area contributed by atoms with Gasteiger partial charge in [0.2, 0.25) is 10.0 Å². The molecule has 6 nitrogen and oxygen atoms in total. The number of hydrogen-bond donors (Lipinski definition) is 1. The van der Waals surface area contributed by atoms with E-state index in [4.69, 9.17) is 0 Å². The SMILES string of the molecule is CC1CCN(C(=O)c2cccc(S(=O)(=O)NCCN(C)C)c2)CC1. The number of piperidine rings is 1. The summed E-state index contributed by atoms with van der Waals surface area (Å²) in [6.45, 7) is 4.60. The third-order valence-electron chi connectivity index (χ3n) is 4.31. The molecule has 0 unspecified atom stereocenters. The van der Waals surface area contributed by atoms with Crippen LogP contribution in [0.2, 0.25) is 0 Å². The van der Waals surface area contributed by atoms with Crippen molar-refractivity contribution in [1.82, 2.24) is 14.5 Å². The number of amides is 1. The molecule has 0 spiro atoms. The Hall–Kier alpha value is -1.44. The molecule has 24 heavy (non-hydrogen) atoms. The lowest BCUT2D eigenvalue weighted by Gasteiger charge is -2.30. The minimum Gasteiger partial charge on any atom is -0.339 e. The second kappa shape index (κ2) is 8.09. The van der Waals surface area contributed by atoms with Crippen molar-refractivity contribution in [3.63, 3.8) is 0 Å². The van der Waals surface area contributed by atoms with Crippen LogP contribution in [0.15, 0.2) is 29.2 Å². The van der Waals surface area contributed by atoms with Gasteiger partial charge >= 0.3 is 0 Å². The smallest absolute Gasteiger partial charge is 0.253 e. The summed E-state index contributed by atoms with van der Waals surface area (Å²) in [6.07, 6.45) is 1.99. The lowest BCUT2D eigenvalue weighted by atomic mass is 9.98. The van der Waals surface area contributed by atoms with Crippen LogP contribution in [0.1, 0.15) is 30.1 Å². The standard InChI is InChI=1S/C17H27N3O3S/c1-14-7-10-20(11-8-14)17(21)15-5-4-6-16(13-15)24(22,23)18-9-12-19(2)3/h4-6,13-14,18H,7-12H2,1-3H3.